The Bertz CT molecular complexity index is 625. The third-order valence-electron chi connectivity index (χ3n) is 3.35. The van der Waals surface area contributed by atoms with Crippen molar-refractivity contribution in [2.75, 3.05) is 13.1 Å². The third kappa shape index (κ3) is 6.87. The molecule has 0 aliphatic heterocycles. The van der Waals surface area contributed by atoms with Crippen LogP contribution in [0.4, 0.5) is 0 Å². The van der Waals surface area contributed by atoms with Crippen molar-refractivity contribution in [3.8, 4) is 0 Å². The predicted molar refractivity (Wildman–Crippen MR) is 110 cm³/mol. The second-order valence-electron chi connectivity index (χ2n) is 5.16. The summed E-state index contributed by atoms with van der Waals surface area (Å²) < 4.78 is 0. The van der Waals surface area contributed by atoms with Crippen LogP contribution in [0.2, 0.25) is 0 Å². The van der Waals surface area contributed by atoms with Crippen LogP contribution in [0.15, 0.2) is 34.6 Å². The zero-order valence-electron chi connectivity index (χ0n) is 13.9. The van der Waals surface area contributed by atoms with Crippen molar-refractivity contribution in [1.29, 1.82) is 0 Å². The number of aliphatic imine (C=N–C) groups is 1. The molecule has 1 heterocycles. The molecule has 6 heteroatoms. The first-order chi connectivity index (χ1) is 10.7. The van der Waals surface area contributed by atoms with Gasteiger partial charge in [0.25, 0.3) is 0 Å². The Hall–Kier alpha value is -1.15. The molecule has 2 N–H and O–H groups in total. The summed E-state index contributed by atoms with van der Waals surface area (Å²) in [5.41, 5.74) is 3.68. The van der Waals surface area contributed by atoms with Gasteiger partial charge in [0.2, 0.25) is 0 Å². The van der Waals surface area contributed by atoms with Gasteiger partial charge in [-0.1, -0.05) is 24.3 Å². The summed E-state index contributed by atoms with van der Waals surface area (Å²) in [6.07, 6.45) is 0.916. The lowest BCUT2D eigenvalue weighted by molar-refractivity contribution is 0.789. The predicted octanol–water partition coefficient (Wildman–Crippen LogP) is 3.68. The average molecular weight is 444 g/mol. The first-order valence-electron chi connectivity index (χ1n) is 7.66. The van der Waals surface area contributed by atoms with Crippen LogP contribution in [0.1, 0.15) is 28.8 Å². The zero-order valence-corrected chi connectivity index (χ0v) is 17.1. The molecule has 0 spiro atoms. The smallest absolute Gasteiger partial charge is 0.191 e. The normalized spacial score (nSPS) is 11.0. The van der Waals surface area contributed by atoms with Gasteiger partial charge in [-0.15, -0.1) is 35.3 Å². The van der Waals surface area contributed by atoms with Crippen molar-refractivity contribution in [3.05, 3.63) is 51.5 Å². The molecule has 4 nitrogen and oxygen atoms in total. The van der Waals surface area contributed by atoms with E-state index in [0.717, 1.165) is 36.2 Å². The minimum atomic E-state index is 0. The van der Waals surface area contributed by atoms with Crippen LogP contribution in [0.5, 0.6) is 0 Å². The third-order valence-corrected chi connectivity index (χ3v) is 4.18. The van der Waals surface area contributed by atoms with Crippen molar-refractivity contribution in [2.45, 2.75) is 33.7 Å². The molecule has 1 aromatic heterocycles. The Morgan fingerprint density at radius 1 is 1.22 bits per heavy atom. The molecule has 0 radical (unpaired) electrons. The van der Waals surface area contributed by atoms with Crippen LogP contribution in [-0.2, 0) is 13.0 Å². The SMILES string of the molecule is CCNC(=NCc1ccccc1C)NCCc1csc(C)n1.I. The lowest BCUT2D eigenvalue weighted by Gasteiger charge is -2.11. The lowest BCUT2D eigenvalue weighted by Crippen LogP contribution is -2.38. The van der Waals surface area contributed by atoms with Gasteiger partial charge in [0, 0.05) is 24.9 Å². The number of hydrogen-bond acceptors (Lipinski definition) is 3. The van der Waals surface area contributed by atoms with E-state index in [1.54, 1.807) is 11.3 Å². The van der Waals surface area contributed by atoms with Crippen LogP contribution in [0, 0.1) is 13.8 Å². The zero-order chi connectivity index (χ0) is 15.8. The van der Waals surface area contributed by atoms with Gasteiger partial charge in [0.15, 0.2) is 5.96 Å². The molecule has 0 aliphatic carbocycles. The van der Waals surface area contributed by atoms with E-state index in [2.05, 4.69) is 64.1 Å². The average Bonchev–Trinajstić information content (AvgIpc) is 2.92. The molecule has 0 saturated heterocycles. The highest BCUT2D eigenvalue weighted by molar-refractivity contribution is 14.0. The molecule has 1 aromatic carbocycles. The van der Waals surface area contributed by atoms with Crippen molar-refractivity contribution in [1.82, 2.24) is 15.6 Å². The van der Waals surface area contributed by atoms with Gasteiger partial charge in [-0.05, 0) is 31.9 Å². The van der Waals surface area contributed by atoms with E-state index in [1.807, 2.05) is 6.92 Å². The number of thiazole rings is 1. The van der Waals surface area contributed by atoms with Crippen LogP contribution in [-0.4, -0.2) is 24.0 Å². The number of rotatable bonds is 6. The number of aromatic nitrogens is 1. The maximum atomic E-state index is 4.66. The fraction of sp³-hybridized carbons (Fsp3) is 0.412. The monoisotopic (exact) mass is 444 g/mol. The Balaban J connectivity index is 0.00000264. The minimum Gasteiger partial charge on any atom is -0.357 e. The maximum Gasteiger partial charge on any atom is 0.191 e. The highest BCUT2D eigenvalue weighted by atomic mass is 127. The number of aryl methyl sites for hydroxylation is 2. The van der Waals surface area contributed by atoms with Crippen LogP contribution in [0.25, 0.3) is 0 Å². The first-order valence-corrected chi connectivity index (χ1v) is 8.54. The molecule has 0 unspecified atom stereocenters. The lowest BCUT2D eigenvalue weighted by atomic mass is 10.1. The Morgan fingerprint density at radius 2 is 2.00 bits per heavy atom. The summed E-state index contributed by atoms with van der Waals surface area (Å²) in [5.74, 6) is 0.859. The summed E-state index contributed by atoms with van der Waals surface area (Å²) in [4.78, 5) is 9.13. The molecular weight excluding hydrogens is 419 g/mol. The molecule has 2 aromatic rings. The van der Waals surface area contributed by atoms with Crippen molar-refractivity contribution in [3.63, 3.8) is 0 Å². The maximum absolute atomic E-state index is 4.66. The Kier molecular flexibility index (Phi) is 9.16. The van der Waals surface area contributed by atoms with Gasteiger partial charge in [0.05, 0.1) is 17.2 Å². The molecule has 0 fully saturated rings. The number of benzene rings is 1. The molecule has 0 amide bonds. The minimum absolute atomic E-state index is 0. The molecular formula is C17H25IN4S. The van der Waals surface area contributed by atoms with Crippen LogP contribution in [0.3, 0.4) is 0 Å². The largest absolute Gasteiger partial charge is 0.357 e. The second kappa shape index (κ2) is 10.6. The molecule has 23 heavy (non-hydrogen) atoms. The van der Waals surface area contributed by atoms with E-state index in [9.17, 15) is 0 Å². The van der Waals surface area contributed by atoms with Gasteiger partial charge in [0.1, 0.15) is 0 Å². The topological polar surface area (TPSA) is 49.3 Å². The first kappa shape index (κ1) is 19.9. The van der Waals surface area contributed by atoms with E-state index < -0.39 is 0 Å². The van der Waals surface area contributed by atoms with Crippen LogP contribution >= 0.6 is 35.3 Å². The van der Waals surface area contributed by atoms with Crippen molar-refractivity contribution >= 4 is 41.3 Å². The highest BCUT2D eigenvalue weighted by Gasteiger charge is 2.01. The van der Waals surface area contributed by atoms with E-state index in [-0.39, 0.29) is 24.0 Å². The molecule has 0 saturated carbocycles. The van der Waals surface area contributed by atoms with Gasteiger partial charge in [-0.2, -0.15) is 0 Å². The van der Waals surface area contributed by atoms with Gasteiger partial charge >= 0.3 is 0 Å². The quantitative estimate of drug-likeness (QED) is 0.406. The Labute approximate surface area is 159 Å². The van der Waals surface area contributed by atoms with Gasteiger partial charge in [-0.3, -0.25) is 0 Å². The molecule has 2 rings (SSSR count). The summed E-state index contributed by atoms with van der Waals surface area (Å²) in [6, 6.07) is 8.36. The molecule has 0 bridgehead atoms. The number of nitrogens with one attached hydrogen (secondary N) is 2. The second-order valence-corrected chi connectivity index (χ2v) is 6.22. The summed E-state index contributed by atoms with van der Waals surface area (Å²) in [5, 5.41) is 9.90. The summed E-state index contributed by atoms with van der Waals surface area (Å²) in [6.45, 7) is 8.62. The Morgan fingerprint density at radius 3 is 2.65 bits per heavy atom. The van der Waals surface area contributed by atoms with Crippen LogP contribution < -0.4 is 10.6 Å². The number of halogens is 1. The number of guanidine groups is 1. The molecule has 126 valence electrons. The molecule has 0 aliphatic rings. The van der Waals surface area contributed by atoms with Crippen molar-refractivity contribution < 1.29 is 0 Å². The summed E-state index contributed by atoms with van der Waals surface area (Å²) >= 11 is 1.70. The standard InChI is InChI=1S/C17H24N4S.HI/c1-4-18-17(19-10-9-16-12-22-14(3)21-16)20-11-15-8-6-5-7-13(15)2;/h5-8,12H,4,9-11H2,1-3H3,(H2,18,19,20);1H. The fourth-order valence-electron chi connectivity index (χ4n) is 2.13. The summed E-state index contributed by atoms with van der Waals surface area (Å²) in [7, 11) is 0. The fourth-order valence-corrected chi connectivity index (χ4v) is 2.77. The number of hydrogen-bond donors (Lipinski definition) is 2. The highest BCUT2D eigenvalue weighted by Crippen LogP contribution is 2.09. The van der Waals surface area contributed by atoms with E-state index >= 15 is 0 Å². The van der Waals surface area contributed by atoms with E-state index in [0.29, 0.717) is 6.54 Å². The molecule has 0 atom stereocenters. The van der Waals surface area contributed by atoms with Gasteiger partial charge in [-0.25, -0.2) is 9.98 Å². The van der Waals surface area contributed by atoms with E-state index in [4.69, 9.17) is 0 Å². The number of nitrogens with zero attached hydrogens (tertiary/aromatic N) is 2. The van der Waals surface area contributed by atoms with Gasteiger partial charge < -0.3 is 10.6 Å². The van der Waals surface area contributed by atoms with E-state index in [1.165, 1.54) is 11.1 Å². The van der Waals surface area contributed by atoms with Crippen molar-refractivity contribution in [2.24, 2.45) is 4.99 Å².